The molecule has 0 radical (unpaired) electrons. The molecule has 1 fully saturated rings. The normalized spacial score (nSPS) is 16.9. The molecule has 3 aromatic rings. The van der Waals surface area contributed by atoms with Crippen LogP contribution in [0, 0.1) is 11.8 Å². The summed E-state index contributed by atoms with van der Waals surface area (Å²) >= 11 is 0. The number of ether oxygens (including phenoxy) is 3. The van der Waals surface area contributed by atoms with Crippen molar-refractivity contribution in [1.82, 2.24) is 20.2 Å². The van der Waals surface area contributed by atoms with Crippen LogP contribution in [0.3, 0.4) is 0 Å². The summed E-state index contributed by atoms with van der Waals surface area (Å²) in [5.74, 6) is 5.54. The van der Waals surface area contributed by atoms with Crippen molar-refractivity contribution in [1.29, 1.82) is 0 Å². The van der Waals surface area contributed by atoms with E-state index in [1.165, 1.54) is 6.20 Å². The number of rotatable bonds is 19. The van der Waals surface area contributed by atoms with E-state index in [1.807, 2.05) is 24.3 Å². The van der Waals surface area contributed by atoms with E-state index in [-0.39, 0.29) is 44.0 Å². The third-order valence-corrected chi connectivity index (χ3v) is 18.4. The average Bonchev–Trinajstić information content (AvgIpc) is 3.78. The van der Waals surface area contributed by atoms with Gasteiger partial charge in [-0.15, -0.1) is 0 Å². The van der Waals surface area contributed by atoms with Gasteiger partial charge in [-0.2, -0.15) is 0 Å². The van der Waals surface area contributed by atoms with Crippen LogP contribution in [-0.4, -0.2) is 78.3 Å². The Labute approximate surface area is 312 Å². The molecule has 5 rings (SSSR count). The molecule has 55 heavy (non-hydrogen) atoms. The second kappa shape index (κ2) is 19.1. The summed E-state index contributed by atoms with van der Waals surface area (Å²) in [7, 11) is -8.71. The molecule has 0 spiro atoms. The number of nitrogens with one attached hydrogen (secondary N) is 3. The molecular formula is C32H37N4O16P3. The summed E-state index contributed by atoms with van der Waals surface area (Å²) in [5, 5.41) is 26.8. The van der Waals surface area contributed by atoms with E-state index in [1.54, 1.807) is 0 Å². The van der Waals surface area contributed by atoms with Crippen molar-refractivity contribution in [2.24, 2.45) is 0 Å². The van der Waals surface area contributed by atoms with Crippen LogP contribution in [0.5, 0.6) is 0 Å². The Morgan fingerprint density at radius 1 is 0.945 bits per heavy atom. The van der Waals surface area contributed by atoms with E-state index in [4.69, 9.17) is 29.2 Å². The summed E-state index contributed by atoms with van der Waals surface area (Å²) < 4.78 is 77.3. The van der Waals surface area contributed by atoms with Crippen LogP contribution in [0.25, 0.3) is 11.1 Å². The second-order valence-corrected chi connectivity index (χ2v) is 22.2. The molecule has 2 atom stereocenters. The van der Waals surface area contributed by atoms with Crippen LogP contribution in [0.15, 0.2) is 64.3 Å². The maximum atomic E-state index is 12.5. The third-order valence-electron chi connectivity index (χ3n) is 8.68. The molecule has 0 bridgehead atoms. The van der Waals surface area contributed by atoms with Gasteiger partial charge in [-0.25, -0.2) is 4.79 Å². The third kappa shape index (κ3) is 9.45. The van der Waals surface area contributed by atoms with Gasteiger partial charge in [0.15, 0.2) is 0 Å². The number of aromatic nitrogens is 2. The number of nitrogens with zero attached hydrogens (tertiary/aromatic N) is 1. The van der Waals surface area contributed by atoms with Gasteiger partial charge >= 0.3 is 179 Å². The minimum Gasteiger partial charge on any atom is -0.449 e. The van der Waals surface area contributed by atoms with Gasteiger partial charge in [-0.05, 0) is 22.3 Å². The predicted molar refractivity (Wildman–Crippen MR) is 191 cm³/mol. The monoisotopic (exact) mass is 826 g/mol. The topological polar surface area (TPSA) is 269 Å². The number of hydrogen-bond donors (Lipinski definition) is 5. The predicted octanol–water partition coefficient (Wildman–Crippen LogP) is 4.31. The summed E-state index contributed by atoms with van der Waals surface area (Å²) in [6.45, 7) is -5.42. The second-order valence-electron chi connectivity index (χ2n) is 12.0. The molecular weight excluding hydrogens is 789 g/mol. The van der Waals surface area contributed by atoms with Crippen molar-refractivity contribution in [3.8, 4) is 23.0 Å². The molecule has 5 N–H and O–H groups in total. The SMILES string of the molecule is O=C(NCCNCCOCC#CCc1cn([C@H]2CC[C@@H](COP(OO)(OOO)(P(=O)=O)P(=O)=O)O2)c(=O)[nH]c1=O)OCC1c2ccccc2-c2ccccc21. The maximum Gasteiger partial charge on any atom is 0.104 e. The molecule has 0 saturated carbocycles. The minimum atomic E-state index is -6.48. The zero-order valence-electron chi connectivity index (χ0n) is 28.9. The number of amides is 1. The Morgan fingerprint density at radius 2 is 1.64 bits per heavy atom. The quantitative estimate of drug-likeness (QED) is 0.0370. The van der Waals surface area contributed by atoms with E-state index in [9.17, 15) is 32.6 Å². The fourth-order valence-electron chi connectivity index (χ4n) is 5.98. The Hall–Kier alpha value is -4.18. The first-order chi connectivity index (χ1) is 26.5. The number of H-pyrrole nitrogens is 1. The molecule has 20 nitrogen and oxygen atoms in total. The van der Waals surface area contributed by atoms with E-state index in [0.29, 0.717) is 26.2 Å². The van der Waals surface area contributed by atoms with Gasteiger partial charge in [-0.3, -0.25) is 0 Å². The Balaban J connectivity index is 0.988. The molecule has 1 aromatic heterocycles. The van der Waals surface area contributed by atoms with Crippen molar-refractivity contribution < 1.29 is 66.7 Å². The molecule has 2 heterocycles. The smallest absolute Gasteiger partial charge is 0.104 e. The van der Waals surface area contributed by atoms with Crippen LogP contribution in [0.1, 0.15) is 41.7 Å². The molecule has 1 aliphatic heterocycles. The van der Waals surface area contributed by atoms with E-state index < -0.39 is 57.7 Å². The number of carbonyl (C=O) groups excluding carboxylic acids is 1. The Morgan fingerprint density at radius 3 is 2.29 bits per heavy atom. The largest absolute Gasteiger partial charge is 0.449 e. The van der Waals surface area contributed by atoms with E-state index >= 15 is 0 Å². The number of aromatic amines is 1. The van der Waals surface area contributed by atoms with Gasteiger partial charge in [0, 0.05) is 25.6 Å². The molecule has 2 aromatic carbocycles. The van der Waals surface area contributed by atoms with Gasteiger partial charge in [-0.1, -0.05) is 48.5 Å². The van der Waals surface area contributed by atoms with E-state index in [2.05, 4.69) is 66.1 Å². The van der Waals surface area contributed by atoms with E-state index in [0.717, 1.165) is 26.8 Å². The molecule has 1 aliphatic carbocycles. The molecule has 2 aliphatic rings. The fourth-order valence-corrected chi connectivity index (χ4v) is 10.4. The number of benzene rings is 2. The number of hydrogen-bond acceptors (Lipinski definition) is 17. The van der Waals surface area contributed by atoms with Crippen LogP contribution in [-0.2, 0) is 57.8 Å². The van der Waals surface area contributed by atoms with Crippen molar-refractivity contribution >= 4 is 27.5 Å². The van der Waals surface area contributed by atoms with Crippen LogP contribution < -0.4 is 21.9 Å². The zero-order chi connectivity index (χ0) is 39.5. The summed E-state index contributed by atoms with van der Waals surface area (Å²) in [6, 6.07) is 16.2. The first-order valence-corrected chi connectivity index (χ1v) is 22.4. The number of fused-ring (bicyclic) bond motifs is 3. The standard InChI is InChI=1S/C32H37N4O16P3/c37-30-22(19-36(31(38)35-30)29-13-12-23(49-29)20-48-55(51-41,52-50-40,53(42)43)54(44)45)7-5-6-17-46-18-16-33-14-15-34-32(39)47-21-28-26-10-3-1-8-24(26)25-9-2-4-11-27(25)28/h1-4,8-11,19,23,28-29,33,40-41H,7,12-18,20-21H2,(H,34,39)(H,35,37,38)/t23-,29+/m0/s1. The molecule has 296 valence electrons. The van der Waals surface area contributed by atoms with Crippen molar-refractivity contribution in [3.63, 3.8) is 0 Å². The Kier molecular flexibility index (Phi) is 14.6. The summed E-state index contributed by atoms with van der Waals surface area (Å²) in [6.07, 6.45) is -1.13. The van der Waals surface area contributed by atoms with Gasteiger partial charge < -0.3 is 20.1 Å². The van der Waals surface area contributed by atoms with Gasteiger partial charge in [0.05, 0.1) is 6.61 Å². The van der Waals surface area contributed by atoms with Gasteiger partial charge in [0.2, 0.25) is 0 Å². The summed E-state index contributed by atoms with van der Waals surface area (Å²) in [4.78, 5) is 39.4. The van der Waals surface area contributed by atoms with Crippen molar-refractivity contribution in [2.75, 3.05) is 46.1 Å². The Bertz CT molecular complexity index is 2100. The van der Waals surface area contributed by atoms with Crippen molar-refractivity contribution in [2.45, 2.75) is 37.5 Å². The fraction of sp³-hybridized carbons (Fsp3) is 0.406. The van der Waals surface area contributed by atoms with Gasteiger partial charge in [0.25, 0.3) is 0 Å². The maximum absolute atomic E-state index is 12.5. The average molecular weight is 827 g/mol. The number of carbonyl (C=O) groups is 1. The van der Waals surface area contributed by atoms with Crippen LogP contribution in [0.2, 0.25) is 0 Å². The molecule has 23 heteroatoms. The zero-order valence-corrected chi connectivity index (χ0v) is 31.6. The van der Waals surface area contributed by atoms with Crippen molar-refractivity contribution in [3.05, 3.63) is 92.3 Å². The first-order valence-electron chi connectivity index (χ1n) is 16.7. The van der Waals surface area contributed by atoms with Gasteiger partial charge in [0.1, 0.15) is 6.61 Å². The molecule has 1 amide bonds. The first kappa shape index (κ1) is 42.0. The number of alkyl carbamates (subject to hydrolysis) is 1. The summed E-state index contributed by atoms with van der Waals surface area (Å²) in [5.41, 5.74) is 3.20. The van der Waals surface area contributed by atoms with Crippen LogP contribution in [0.4, 0.5) is 4.79 Å². The molecule has 1 saturated heterocycles. The van der Waals surface area contributed by atoms with Crippen LogP contribution >= 0.6 is 21.4 Å². The molecule has 0 unspecified atom stereocenters. The minimum absolute atomic E-state index is 0.0234.